The van der Waals surface area contributed by atoms with Crippen LogP contribution < -0.4 is 5.56 Å². The van der Waals surface area contributed by atoms with Gasteiger partial charge < -0.3 is 4.57 Å². The monoisotopic (exact) mass is 368 g/mol. The van der Waals surface area contributed by atoms with Crippen LogP contribution in [0.5, 0.6) is 0 Å². The van der Waals surface area contributed by atoms with E-state index >= 15 is 0 Å². The molecule has 0 aliphatic carbocycles. The Hall–Kier alpha value is -2.47. The number of benzene rings is 2. The first-order valence-corrected chi connectivity index (χ1v) is 8.00. The summed E-state index contributed by atoms with van der Waals surface area (Å²) in [5, 5.41) is 9.29. The standard InChI is InChI=1S/C17H13BrN4O/c1-21-14-8-7-12(18)9-13(14)16-15(17(21)23)19-20-22(16)10-11-5-3-2-4-6-11/h2-9H,10H2,1H3. The van der Waals surface area contributed by atoms with Gasteiger partial charge in [0.05, 0.1) is 12.1 Å². The normalized spacial score (nSPS) is 11.4. The zero-order chi connectivity index (χ0) is 16.0. The van der Waals surface area contributed by atoms with E-state index in [0.717, 1.165) is 26.5 Å². The lowest BCUT2D eigenvalue weighted by Crippen LogP contribution is -2.18. The lowest BCUT2D eigenvalue weighted by atomic mass is 10.1. The van der Waals surface area contributed by atoms with E-state index in [4.69, 9.17) is 0 Å². The topological polar surface area (TPSA) is 52.7 Å². The summed E-state index contributed by atoms with van der Waals surface area (Å²) in [4.78, 5) is 12.5. The van der Waals surface area contributed by atoms with Crippen LogP contribution in [0.3, 0.4) is 0 Å². The number of halogens is 1. The average Bonchev–Trinajstić information content (AvgIpc) is 2.97. The second-order valence-electron chi connectivity index (χ2n) is 5.46. The summed E-state index contributed by atoms with van der Waals surface area (Å²) >= 11 is 3.50. The summed E-state index contributed by atoms with van der Waals surface area (Å²) in [6.45, 7) is 0.576. The van der Waals surface area contributed by atoms with Crippen molar-refractivity contribution in [3.8, 4) is 0 Å². The molecule has 0 N–H and O–H groups in total. The van der Waals surface area contributed by atoms with Gasteiger partial charge in [0.2, 0.25) is 0 Å². The highest BCUT2D eigenvalue weighted by atomic mass is 79.9. The second kappa shape index (κ2) is 5.31. The number of nitrogens with zero attached hydrogens (tertiary/aromatic N) is 4. The Labute approximate surface area is 140 Å². The molecule has 0 saturated carbocycles. The Bertz CT molecular complexity index is 1080. The van der Waals surface area contributed by atoms with Crippen LogP contribution in [0.15, 0.2) is 57.8 Å². The van der Waals surface area contributed by atoms with Gasteiger partial charge in [0.1, 0.15) is 5.52 Å². The maximum Gasteiger partial charge on any atom is 0.280 e. The van der Waals surface area contributed by atoms with Crippen molar-refractivity contribution in [1.29, 1.82) is 0 Å². The molecule has 0 saturated heterocycles. The van der Waals surface area contributed by atoms with Crippen LogP contribution in [-0.4, -0.2) is 19.6 Å². The highest BCUT2D eigenvalue weighted by Crippen LogP contribution is 2.25. The number of pyridine rings is 1. The van der Waals surface area contributed by atoms with Crippen molar-refractivity contribution in [3.63, 3.8) is 0 Å². The van der Waals surface area contributed by atoms with E-state index in [9.17, 15) is 4.79 Å². The first kappa shape index (κ1) is 14.1. The van der Waals surface area contributed by atoms with Gasteiger partial charge in [0.25, 0.3) is 5.56 Å². The molecule has 0 atom stereocenters. The van der Waals surface area contributed by atoms with E-state index in [1.807, 2.05) is 48.5 Å². The molecule has 0 fully saturated rings. The van der Waals surface area contributed by atoms with Gasteiger partial charge >= 0.3 is 0 Å². The summed E-state index contributed by atoms with van der Waals surface area (Å²) in [6, 6.07) is 15.9. The molecule has 0 aliphatic rings. The van der Waals surface area contributed by atoms with E-state index in [1.54, 1.807) is 16.3 Å². The predicted octanol–water partition coefficient (Wildman–Crippen LogP) is 3.09. The van der Waals surface area contributed by atoms with E-state index in [2.05, 4.69) is 26.2 Å². The lowest BCUT2D eigenvalue weighted by molar-refractivity contribution is 0.671. The Kier molecular flexibility index (Phi) is 3.27. The van der Waals surface area contributed by atoms with Crippen LogP contribution in [0.25, 0.3) is 21.9 Å². The van der Waals surface area contributed by atoms with Gasteiger partial charge in [-0.3, -0.25) is 4.79 Å². The Balaban J connectivity index is 2.05. The first-order valence-electron chi connectivity index (χ1n) is 7.20. The highest BCUT2D eigenvalue weighted by molar-refractivity contribution is 9.10. The minimum absolute atomic E-state index is 0.130. The molecule has 4 aromatic rings. The molecule has 0 amide bonds. The average molecular weight is 369 g/mol. The summed E-state index contributed by atoms with van der Waals surface area (Å²) in [5.41, 5.74) is 3.02. The van der Waals surface area contributed by atoms with Crippen LogP contribution in [0.1, 0.15) is 5.56 Å². The molecule has 0 radical (unpaired) electrons. The SMILES string of the molecule is Cn1c(=O)c2nnn(Cc3ccccc3)c2c2cc(Br)ccc21. The third kappa shape index (κ3) is 2.26. The highest BCUT2D eigenvalue weighted by Gasteiger charge is 2.15. The molecular formula is C17H13BrN4O. The molecular weight excluding hydrogens is 356 g/mol. The van der Waals surface area contributed by atoms with Gasteiger partial charge in [-0.2, -0.15) is 0 Å². The number of aromatic nitrogens is 4. The molecule has 5 nitrogen and oxygen atoms in total. The molecule has 0 bridgehead atoms. The van der Waals surface area contributed by atoms with Crippen molar-refractivity contribution in [3.05, 3.63) is 68.9 Å². The predicted molar refractivity (Wildman–Crippen MR) is 93.5 cm³/mol. The minimum atomic E-state index is -0.130. The van der Waals surface area contributed by atoms with E-state index in [0.29, 0.717) is 12.1 Å². The third-order valence-electron chi connectivity index (χ3n) is 3.99. The van der Waals surface area contributed by atoms with Crippen LogP contribution >= 0.6 is 15.9 Å². The molecule has 0 spiro atoms. The molecule has 6 heteroatoms. The molecule has 114 valence electrons. The third-order valence-corrected chi connectivity index (χ3v) is 4.49. The lowest BCUT2D eigenvalue weighted by Gasteiger charge is -2.08. The summed E-state index contributed by atoms with van der Waals surface area (Å²) < 4.78 is 4.37. The van der Waals surface area contributed by atoms with Gasteiger partial charge in [0.15, 0.2) is 5.52 Å². The molecule has 23 heavy (non-hydrogen) atoms. The number of rotatable bonds is 2. The summed E-state index contributed by atoms with van der Waals surface area (Å²) in [6.07, 6.45) is 0. The summed E-state index contributed by atoms with van der Waals surface area (Å²) in [5.74, 6) is 0. The smallest absolute Gasteiger partial charge is 0.280 e. The van der Waals surface area contributed by atoms with Crippen molar-refractivity contribution < 1.29 is 0 Å². The first-order chi connectivity index (χ1) is 11.1. The van der Waals surface area contributed by atoms with Crippen molar-refractivity contribution in [2.75, 3.05) is 0 Å². The Morgan fingerprint density at radius 3 is 2.70 bits per heavy atom. The molecule has 2 aromatic carbocycles. The van der Waals surface area contributed by atoms with Crippen molar-refractivity contribution >= 4 is 37.9 Å². The van der Waals surface area contributed by atoms with Gasteiger partial charge in [0, 0.05) is 16.9 Å². The van der Waals surface area contributed by atoms with Gasteiger partial charge in [-0.15, -0.1) is 5.10 Å². The molecule has 0 aliphatic heterocycles. The van der Waals surface area contributed by atoms with E-state index in [1.165, 1.54) is 0 Å². The zero-order valence-electron chi connectivity index (χ0n) is 12.4. The minimum Gasteiger partial charge on any atom is -0.309 e. The van der Waals surface area contributed by atoms with Gasteiger partial charge in [-0.25, -0.2) is 4.68 Å². The Morgan fingerprint density at radius 2 is 1.91 bits per heavy atom. The number of fused-ring (bicyclic) bond motifs is 3. The number of hydrogen-bond donors (Lipinski definition) is 0. The summed E-state index contributed by atoms with van der Waals surface area (Å²) in [7, 11) is 1.76. The van der Waals surface area contributed by atoms with Crippen LogP contribution in [-0.2, 0) is 13.6 Å². The fourth-order valence-electron chi connectivity index (χ4n) is 2.85. The van der Waals surface area contributed by atoms with Gasteiger partial charge in [-0.1, -0.05) is 51.5 Å². The molecule has 2 aromatic heterocycles. The van der Waals surface area contributed by atoms with E-state index < -0.39 is 0 Å². The second-order valence-corrected chi connectivity index (χ2v) is 6.37. The molecule has 4 rings (SSSR count). The van der Waals surface area contributed by atoms with Crippen LogP contribution in [0.2, 0.25) is 0 Å². The van der Waals surface area contributed by atoms with Crippen molar-refractivity contribution in [1.82, 2.24) is 19.6 Å². The number of aryl methyl sites for hydroxylation is 1. The van der Waals surface area contributed by atoms with Crippen LogP contribution in [0, 0.1) is 0 Å². The molecule has 2 heterocycles. The number of hydrogen-bond acceptors (Lipinski definition) is 3. The fourth-order valence-corrected chi connectivity index (χ4v) is 3.21. The largest absolute Gasteiger partial charge is 0.309 e. The van der Waals surface area contributed by atoms with E-state index in [-0.39, 0.29) is 5.56 Å². The maximum atomic E-state index is 12.5. The Morgan fingerprint density at radius 1 is 1.13 bits per heavy atom. The van der Waals surface area contributed by atoms with Crippen LogP contribution in [0.4, 0.5) is 0 Å². The zero-order valence-corrected chi connectivity index (χ0v) is 14.0. The van der Waals surface area contributed by atoms with Crippen molar-refractivity contribution in [2.24, 2.45) is 7.05 Å². The maximum absolute atomic E-state index is 12.5. The van der Waals surface area contributed by atoms with Crippen molar-refractivity contribution in [2.45, 2.75) is 6.54 Å². The molecule has 0 unspecified atom stereocenters. The van der Waals surface area contributed by atoms with Gasteiger partial charge in [-0.05, 0) is 23.8 Å². The quantitative estimate of drug-likeness (QED) is 0.546. The fraction of sp³-hybridized carbons (Fsp3) is 0.118.